The van der Waals surface area contributed by atoms with E-state index in [-0.39, 0.29) is 5.91 Å². The first kappa shape index (κ1) is 15.8. The maximum Gasteiger partial charge on any atom is 0.419 e. The number of aryl methyl sites for hydroxylation is 1. The van der Waals surface area contributed by atoms with Crippen molar-refractivity contribution in [2.45, 2.75) is 26.3 Å². The van der Waals surface area contributed by atoms with Gasteiger partial charge in [0.25, 0.3) is 0 Å². The number of oxazole rings is 1. The molecule has 2 aromatic rings. The van der Waals surface area contributed by atoms with E-state index in [4.69, 9.17) is 4.42 Å². The van der Waals surface area contributed by atoms with Gasteiger partial charge in [0.1, 0.15) is 0 Å². The van der Waals surface area contributed by atoms with E-state index in [0.29, 0.717) is 18.5 Å². The Morgan fingerprint density at radius 2 is 2.00 bits per heavy atom. The summed E-state index contributed by atoms with van der Waals surface area (Å²) in [6, 6.07) is 7.31. The first-order chi connectivity index (χ1) is 11.2. The number of benzene rings is 1. The molecule has 6 heteroatoms. The van der Waals surface area contributed by atoms with Gasteiger partial charge in [-0.05, 0) is 31.6 Å². The quantitative estimate of drug-likeness (QED) is 0.858. The molecule has 3 rings (SSSR count). The summed E-state index contributed by atoms with van der Waals surface area (Å²) in [5.41, 5.74) is 1.32. The highest BCUT2D eigenvalue weighted by Gasteiger charge is 2.19. The van der Waals surface area contributed by atoms with Gasteiger partial charge in [0.05, 0.1) is 5.52 Å². The summed E-state index contributed by atoms with van der Waals surface area (Å²) in [6.45, 7) is 7.09. The van der Waals surface area contributed by atoms with Crippen LogP contribution in [0.2, 0.25) is 0 Å². The van der Waals surface area contributed by atoms with E-state index in [1.165, 1.54) is 0 Å². The van der Waals surface area contributed by atoms with Crippen LogP contribution in [0.25, 0.3) is 11.1 Å². The number of hydrogen-bond acceptors (Lipinski definition) is 4. The van der Waals surface area contributed by atoms with Crippen molar-refractivity contribution in [2.24, 2.45) is 0 Å². The maximum absolute atomic E-state index is 12.4. The molecular formula is C17H23N3O3. The van der Waals surface area contributed by atoms with Crippen molar-refractivity contribution in [1.82, 2.24) is 14.4 Å². The minimum absolute atomic E-state index is 0.111. The molecular weight excluding hydrogens is 294 g/mol. The van der Waals surface area contributed by atoms with Crippen LogP contribution < -0.4 is 5.76 Å². The zero-order valence-corrected chi connectivity index (χ0v) is 13.5. The highest BCUT2D eigenvalue weighted by Crippen LogP contribution is 2.13. The van der Waals surface area contributed by atoms with Crippen LogP contribution in [-0.2, 0) is 11.3 Å². The molecule has 1 aromatic heterocycles. The average Bonchev–Trinajstić information content (AvgIpc) is 2.74. The van der Waals surface area contributed by atoms with Gasteiger partial charge in [-0.3, -0.25) is 9.36 Å². The second kappa shape index (κ2) is 7.00. The molecule has 0 bridgehead atoms. The summed E-state index contributed by atoms with van der Waals surface area (Å²) in [5, 5.41) is 0. The number of rotatable bonds is 4. The Morgan fingerprint density at radius 3 is 2.83 bits per heavy atom. The van der Waals surface area contributed by atoms with Crippen LogP contribution in [0, 0.1) is 0 Å². The molecule has 0 N–H and O–H groups in total. The van der Waals surface area contributed by atoms with Crippen molar-refractivity contribution in [2.75, 3.05) is 32.7 Å². The number of aromatic nitrogens is 1. The molecule has 0 saturated carbocycles. The smallest absolute Gasteiger partial charge is 0.408 e. The minimum Gasteiger partial charge on any atom is -0.408 e. The van der Waals surface area contributed by atoms with Crippen LogP contribution in [0.4, 0.5) is 0 Å². The molecule has 1 saturated heterocycles. The predicted octanol–water partition coefficient (Wildman–Crippen LogP) is 1.54. The number of likely N-dealkylation sites (N-methyl/N-ethyl adjacent to an activating group) is 1. The molecule has 6 nitrogen and oxygen atoms in total. The lowest BCUT2D eigenvalue weighted by atomic mass is 10.3. The lowest BCUT2D eigenvalue weighted by Crippen LogP contribution is -2.35. The van der Waals surface area contributed by atoms with Gasteiger partial charge in [-0.2, -0.15) is 0 Å². The SMILES string of the molecule is CCN1CCCN(C(=O)CCn2c(=O)oc3ccccc32)CC1. The standard InChI is InChI=1S/C17H23N3O3/c1-2-18-9-5-10-19(13-12-18)16(21)8-11-20-14-6-3-4-7-15(14)23-17(20)22/h3-4,6-7H,2,5,8-13H2,1H3. The van der Waals surface area contributed by atoms with Gasteiger partial charge < -0.3 is 14.2 Å². The van der Waals surface area contributed by atoms with Crippen molar-refractivity contribution in [3.05, 3.63) is 34.8 Å². The van der Waals surface area contributed by atoms with E-state index in [2.05, 4.69) is 11.8 Å². The third kappa shape index (κ3) is 3.47. The number of fused-ring (bicyclic) bond motifs is 1. The van der Waals surface area contributed by atoms with Gasteiger partial charge in [0, 0.05) is 32.6 Å². The van der Waals surface area contributed by atoms with Crippen molar-refractivity contribution in [1.29, 1.82) is 0 Å². The van der Waals surface area contributed by atoms with E-state index < -0.39 is 5.76 Å². The van der Waals surface area contributed by atoms with Crippen molar-refractivity contribution < 1.29 is 9.21 Å². The predicted molar refractivity (Wildman–Crippen MR) is 88.4 cm³/mol. The molecule has 0 radical (unpaired) electrons. The fourth-order valence-corrected chi connectivity index (χ4v) is 3.13. The van der Waals surface area contributed by atoms with Crippen molar-refractivity contribution >= 4 is 17.0 Å². The molecule has 23 heavy (non-hydrogen) atoms. The Hall–Kier alpha value is -2.08. The van der Waals surface area contributed by atoms with Gasteiger partial charge in [0.2, 0.25) is 5.91 Å². The van der Waals surface area contributed by atoms with Gasteiger partial charge in [-0.15, -0.1) is 0 Å². The number of amides is 1. The Balaban J connectivity index is 1.64. The van der Waals surface area contributed by atoms with E-state index in [0.717, 1.165) is 44.7 Å². The highest BCUT2D eigenvalue weighted by molar-refractivity contribution is 5.77. The second-order valence-electron chi connectivity index (χ2n) is 5.91. The maximum atomic E-state index is 12.4. The zero-order chi connectivity index (χ0) is 16.2. The molecule has 124 valence electrons. The van der Waals surface area contributed by atoms with Crippen LogP contribution >= 0.6 is 0 Å². The molecule has 1 aromatic carbocycles. The average molecular weight is 317 g/mol. The molecule has 1 aliphatic rings. The monoisotopic (exact) mass is 317 g/mol. The van der Waals surface area contributed by atoms with Crippen molar-refractivity contribution in [3.8, 4) is 0 Å². The first-order valence-electron chi connectivity index (χ1n) is 8.27. The van der Waals surface area contributed by atoms with Crippen LogP contribution in [0.1, 0.15) is 19.8 Å². The fraction of sp³-hybridized carbons (Fsp3) is 0.529. The molecule has 1 aliphatic heterocycles. The third-order valence-corrected chi connectivity index (χ3v) is 4.51. The Morgan fingerprint density at radius 1 is 1.17 bits per heavy atom. The van der Waals surface area contributed by atoms with Crippen molar-refractivity contribution in [3.63, 3.8) is 0 Å². The molecule has 1 fully saturated rings. The van der Waals surface area contributed by atoms with Gasteiger partial charge in [0.15, 0.2) is 5.58 Å². The summed E-state index contributed by atoms with van der Waals surface area (Å²) in [4.78, 5) is 28.7. The number of para-hydroxylation sites is 2. The van der Waals surface area contributed by atoms with Gasteiger partial charge in [-0.25, -0.2) is 4.79 Å². The summed E-state index contributed by atoms with van der Waals surface area (Å²) in [7, 11) is 0. The Labute approximate surface area is 135 Å². The largest absolute Gasteiger partial charge is 0.419 e. The Bertz CT molecular complexity index is 734. The third-order valence-electron chi connectivity index (χ3n) is 4.51. The molecule has 0 aliphatic carbocycles. The van der Waals surface area contributed by atoms with E-state index in [1.54, 1.807) is 10.6 Å². The molecule has 1 amide bonds. The van der Waals surface area contributed by atoms with Gasteiger partial charge >= 0.3 is 5.76 Å². The van der Waals surface area contributed by atoms with Crippen LogP contribution in [-0.4, -0.2) is 53.0 Å². The summed E-state index contributed by atoms with van der Waals surface area (Å²) in [5.74, 6) is -0.285. The number of carbonyl (C=O) groups is 1. The highest BCUT2D eigenvalue weighted by atomic mass is 16.4. The van der Waals surface area contributed by atoms with Gasteiger partial charge in [-0.1, -0.05) is 19.1 Å². The second-order valence-corrected chi connectivity index (χ2v) is 5.91. The van der Waals surface area contributed by atoms with Crippen LogP contribution in [0.5, 0.6) is 0 Å². The first-order valence-corrected chi connectivity index (χ1v) is 8.27. The molecule has 0 spiro atoms. The van der Waals surface area contributed by atoms with E-state index >= 15 is 0 Å². The summed E-state index contributed by atoms with van der Waals surface area (Å²) in [6.07, 6.45) is 1.34. The van der Waals surface area contributed by atoms with Crippen LogP contribution in [0.15, 0.2) is 33.5 Å². The Kier molecular flexibility index (Phi) is 4.81. The topological polar surface area (TPSA) is 58.7 Å². The minimum atomic E-state index is -0.396. The fourth-order valence-electron chi connectivity index (χ4n) is 3.13. The van der Waals surface area contributed by atoms with E-state index in [9.17, 15) is 9.59 Å². The number of carbonyl (C=O) groups excluding carboxylic acids is 1. The van der Waals surface area contributed by atoms with E-state index in [1.807, 2.05) is 23.1 Å². The summed E-state index contributed by atoms with van der Waals surface area (Å²) < 4.78 is 6.75. The lowest BCUT2D eigenvalue weighted by molar-refractivity contribution is -0.131. The normalized spacial score (nSPS) is 16.7. The summed E-state index contributed by atoms with van der Waals surface area (Å²) >= 11 is 0. The molecule has 2 heterocycles. The molecule has 0 unspecified atom stereocenters. The lowest BCUT2D eigenvalue weighted by Gasteiger charge is -2.21. The molecule has 0 atom stereocenters. The number of hydrogen-bond donors (Lipinski definition) is 0. The zero-order valence-electron chi connectivity index (χ0n) is 13.5. The van der Waals surface area contributed by atoms with Crippen LogP contribution in [0.3, 0.4) is 0 Å². The number of nitrogens with zero attached hydrogens (tertiary/aromatic N) is 3.